The molecule has 1 fully saturated rings. The molecule has 32 heavy (non-hydrogen) atoms. The number of piperazine rings is 1. The van der Waals surface area contributed by atoms with Gasteiger partial charge in [-0.25, -0.2) is 13.8 Å². The number of benzene rings is 2. The molecular weight excluding hydrogens is 410 g/mol. The molecule has 5 rings (SSSR count). The molecule has 2 aromatic carbocycles. The molecule has 0 bridgehead atoms. The fourth-order valence-electron chi connectivity index (χ4n) is 4.03. The van der Waals surface area contributed by atoms with Crippen LogP contribution < -0.4 is 0 Å². The number of aromatic nitrogens is 2. The summed E-state index contributed by atoms with van der Waals surface area (Å²) in [7, 11) is 0. The van der Waals surface area contributed by atoms with Gasteiger partial charge in [-0.15, -0.1) is 0 Å². The molecule has 5 nitrogen and oxygen atoms in total. The number of nitrogens with zero attached hydrogens (tertiary/aromatic N) is 4. The first kappa shape index (κ1) is 20.3. The SMILES string of the molecule is O=C(c1cn2cc(-c3ccc(F)cc3)ccc2n1)N1CCN(Cc2ccc(F)cc2)CC1. The van der Waals surface area contributed by atoms with Crippen LogP contribution in [0.5, 0.6) is 0 Å². The van der Waals surface area contributed by atoms with Crippen LogP contribution in [0.2, 0.25) is 0 Å². The Kier molecular flexibility index (Phi) is 5.41. The Morgan fingerprint density at radius 3 is 2.09 bits per heavy atom. The molecule has 4 aromatic rings. The number of rotatable bonds is 4. The van der Waals surface area contributed by atoms with Gasteiger partial charge >= 0.3 is 0 Å². The van der Waals surface area contributed by atoms with Crippen molar-refractivity contribution in [2.24, 2.45) is 0 Å². The van der Waals surface area contributed by atoms with Crippen molar-refractivity contribution in [1.82, 2.24) is 19.2 Å². The lowest BCUT2D eigenvalue weighted by molar-refractivity contribution is 0.0623. The van der Waals surface area contributed by atoms with E-state index in [2.05, 4.69) is 9.88 Å². The lowest BCUT2D eigenvalue weighted by Gasteiger charge is -2.34. The van der Waals surface area contributed by atoms with Crippen LogP contribution >= 0.6 is 0 Å². The van der Waals surface area contributed by atoms with Gasteiger partial charge in [0.15, 0.2) is 0 Å². The summed E-state index contributed by atoms with van der Waals surface area (Å²) in [5, 5.41) is 0. The molecule has 0 spiro atoms. The molecule has 3 heterocycles. The second-order valence-corrected chi connectivity index (χ2v) is 8.01. The zero-order valence-electron chi connectivity index (χ0n) is 17.4. The Hall–Kier alpha value is -3.58. The summed E-state index contributed by atoms with van der Waals surface area (Å²) in [6.45, 7) is 3.49. The van der Waals surface area contributed by atoms with Gasteiger partial charge in [-0.05, 0) is 53.1 Å². The second-order valence-electron chi connectivity index (χ2n) is 8.01. The largest absolute Gasteiger partial charge is 0.335 e. The Bertz CT molecular complexity index is 1240. The van der Waals surface area contributed by atoms with Crippen molar-refractivity contribution in [3.63, 3.8) is 0 Å². The van der Waals surface area contributed by atoms with Crippen LogP contribution in [0.15, 0.2) is 73.1 Å². The molecule has 0 N–H and O–H groups in total. The molecule has 0 aliphatic carbocycles. The lowest BCUT2D eigenvalue weighted by atomic mass is 10.1. The van der Waals surface area contributed by atoms with Gasteiger partial charge in [-0.1, -0.05) is 24.3 Å². The summed E-state index contributed by atoms with van der Waals surface area (Å²) < 4.78 is 28.1. The molecule has 7 heteroatoms. The van der Waals surface area contributed by atoms with Crippen molar-refractivity contribution in [1.29, 1.82) is 0 Å². The number of hydrogen-bond acceptors (Lipinski definition) is 3. The molecule has 0 radical (unpaired) electrons. The van der Waals surface area contributed by atoms with E-state index in [9.17, 15) is 13.6 Å². The predicted molar refractivity (Wildman–Crippen MR) is 118 cm³/mol. The summed E-state index contributed by atoms with van der Waals surface area (Å²) in [4.78, 5) is 21.6. The van der Waals surface area contributed by atoms with E-state index in [0.717, 1.165) is 36.3 Å². The fourth-order valence-corrected chi connectivity index (χ4v) is 4.03. The van der Waals surface area contributed by atoms with Gasteiger partial charge in [0, 0.05) is 45.1 Å². The standard InChI is InChI=1S/C25H22F2N4O/c26-21-6-1-18(2-7-21)15-29-11-13-30(14-12-29)25(32)23-17-31-16-20(5-10-24(31)28-23)19-3-8-22(27)9-4-19/h1-10,16-17H,11-15H2. The van der Waals surface area contributed by atoms with Gasteiger partial charge in [-0.2, -0.15) is 0 Å². The maximum atomic E-state index is 13.2. The molecule has 2 aromatic heterocycles. The Balaban J connectivity index is 1.25. The van der Waals surface area contributed by atoms with Crippen LogP contribution in [0, 0.1) is 11.6 Å². The van der Waals surface area contributed by atoms with Gasteiger partial charge in [0.1, 0.15) is 23.0 Å². The summed E-state index contributed by atoms with van der Waals surface area (Å²) in [5.41, 5.74) is 3.97. The van der Waals surface area contributed by atoms with Crippen molar-refractivity contribution >= 4 is 11.6 Å². The van der Waals surface area contributed by atoms with Crippen molar-refractivity contribution in [3.05, 3.63) is 95.9 Å². The van der Waals surface area contributed by atoms with E-state index < -0.39 is 0 Å². The van der Waals surface area contributed by atoms with E-state index >= 15 is 0 Å². The number of carbonyl (C=O) groups excluding carboxylic acids is 1. The third-order valence-corrected chi connectivity index (χ3v) is 5.83. The topological polar surface area (TPSA) is 40.9 Å². The second kappa shape index (κ2) is 8.51. The first-order valence-electron chi connectivity index (χ1n) is 10.6. The number of imidazole rings is 1. The van der Waals surface area contributed by atoms with Crippen LogP contribution in [0.4, 0.5) is 8.78 Å². The third-order valence-electron chi connectivity index (χ3n) is 5.83. The summed E-state index contributed by atoms with van der Waals surface area (Å²) >= 11 is 0. The van der Waals surface area contributed by atoms with Crippen molar-refractivity contribution in [2.75, 3.05) is 26.2 Å². The number of fused-ring (bicyclic) bond motifs is 1. The van der Waals surface area contributed by atoms with E-state index in [1.807, 2.05) is 27.6 Å². The zero-order chi connectivity index (χ0) is 22.1. The van der Waals surface area contributed by atoms with E-state index in [1.165, 1.54) is 24.3 Å². The molecule has 0 atom stereocenters. The summed E-state index contributed by atoms with van der Waals surface area (Å²) in [6.07, 6.45) is 3.64. The number of hydrogen-bond donors (Lipinski definition) is 0. The summed E-state index contributed by atoms with van der Waals surface area (Å²) in [6, 6.07) is 16.6. The van der Waals surface area contributed by atoms with Gasteiger partial charge in [-0.3, -0.25) is 9.69 Å². The minimum atomic E-state index is -0.275. The van der Waals surface area contributed by atoms with Crippen LogP contribution in [0.25, 0.3) is 16.8 Å². The van der Waals surface area contributed by atoms with E-state index in [4.69, 9.17) is 0 Å². The molecule has 0 saturated carbocycles. The van der Waals surface area contributed by atoms with Gasteiger partial charge in [0.2, 0.25) is 0 Å². The van der Waals surface area contributed by atoms with E-state index in [-0.39, 0.29) is 17.5 Å². The number of halogens is 2. The Morgan fingerprint density at radius 2 is 1.41 bits per heavy atom. The molecule has 162 valence electrons. The smallest absolute Gasteiger partial charge is 0.274 e. The molecule has 1 aliphatic heterocycles. The average molecular weight is 432 g/mol. The van der Waals surface area contributed by atoms with Crippen molar-refractivity contribution in [3.8, 4) is 11.1 Å². The highest BCUT2D eigenvalue weighted by atomic mass is 19.1. The van der Waals surface area contributed by atoms with E-state index in [0.29, 0.717) is 24.4 Å². The van der Waals surface area contributed by atoms with Gasteiger partial charge < -0.3 is 9.30 Å². The van der Waals surface area contributed by atoms with E-state index in [1.54, 1.807) is 30.5 Å². The number of pyridine rings is 1. The van der Waals surface area contributed by atoms with Crippen molar-refractivity contribution in [2.45, 2.75) is 6.54 Å². The van der Waals surface area contributed by atoms with Crippen LogP contribution in [-0.4, -0.2) is 51.3 Å². The Morgan fingerprint density at radius 1 is 0.781 bits per heavy atom. The number of amides is 1. The minimum Gasteiger partial charge on any atom is -0.335 e. The molecule has 0 unspecified atom stereocenters. The van der Waals surface area contributed by atoms with Gasteiger partial charge in [0.25, 0.3) is 5.91 Å². The minimum absolute atomic E-state index is 0.0848. The number of carbonyl (C=O) groups is 1. The highest BCUT2D eigenvalue weighted by molar-refractivity contribution is 5.93. The lowest BCUT2D eigenvalue weighted by Crippen LogP contribution is -2.48. The molecule has 1 aliphatic rings. The molecular formula is C25H22F2N4O. The average Bonchev–Trinajstić information content (AvgIpc) is 3.25. The first-order chi connectivity index (χ1) is 15.5. The normalized spacial score (nSPS) is 14.8. The quantitative estimate of drug-likeness (QED) is 0.485. The highest BCUT2D eigenvalue weighted by Gasteiger charge is 2.24. The first-order valence-corrected chi connectivity index (χ1v) is 10.6. The van der Waals surface area contributed by atoms with Crippen LogP contribution in [0.3, 0.4) is 0 Å². The zero-order valence-corrected chi connectivity index (χ0v) is 17.4. The Labute approximate surface area is 184 Å². The highest BCUT2D eigenvalue weighted by Crippen LogP contribution is 2.21. The van der Waals surface area contributed by atoms with Crippen molar-refractivity contribution < 1.29 is 13.6 Å². The fraction of sp³-hybridized carbons (Fsp3) is 0.200. The monoisotopic (exact) mass is 432 g/mol. The predicted octanol–water partition coefficient (Wildman–Crippen LogP) is 4.24. The van der Waals surface area contributed by atoms with Crippen LogP contribution in [0.1, 0.15) is 16.1 Å². The van der Waals surface area contributed by atoms with Gasteiger partial charge in [0.05, 0.1) is 0 Å². The molecule has 1 saturated heterocycles. The maximum Gasteiger partial charge on any atom is 0.274 e. The third kappa shape index (κ3) is 4.24. The van der Waals surface area contributed by atoms with Crippen LogP contribution in [-0.2, 0) is 6.54 Å². The maximum absolute atomic E-state index is 13.2. The summed E-state index contributed by atoms with van der Waals surface area (Å²) in [5.74, 6) is -0.594. The molecule has 1 amide bonds.